The lowest BCUT2D eigenvalue weighted by Gasteiger charge is -2.35. The largest absolute Gasteiger partial charge is 0.484 e. The van der Waals surface area contributed by atoms with Crippen molar-refractivity contribution in [3.8, 4) is 5.75 Å². The van der Waals surface area contributed by atoms with Gasteiger partial charge in [0.15, 0.2) is 18.2 Å². The number of ether oxygens (including phenoxy) is 1. The van der Waals surface area contributed by atoms with Crippen molar-refractivity contribution in [2.45, 2.75) is 26.2 Å². The summed E-state index contributed by atoms with van der Waals surface area (Å²) in [6.07, 6.45) is 3.76. The van der Waals surface area contributed by atoms with Gasteiger partial charge in [0.05, 0.1) is 0 Å². The lowest BCUT2D eigenvalue weighted by atomic mass is 10.1. The summed E-state index contributed by atoms with van der Waals surface area (Å²) < 4.78 is 5.65. The molecule has 1 aromatic heterocycles. The minimum absolute atomic E-state index is 0.0256. The van der Waals surface area contributed by atoms with Gasteiger partial charge < -0.3 is 19.4 Å². The van der Waals surface area contributed by atoms with Gasteiger partial charge in [-0.15, -0.1) is 10.2 Å². The number of benzene rings is 1. The molecular weight excluding hydrogens is 366 g/mol. The van der Waals surface area contributed by atoms with Crippen LogP contribution < -0.4 is 14.5 Å². The summed E-state index contributed by atoms with van der Waals surface area (Å²) in [6, 6.07) is 11.9. The maximum absolute atomic E-state index is 12.5. The number of carbonyl (C=O) groups is 1. The van der Waals surface area contributed by atoms with Crippen LogP contribution in [0.1, 0.15) is 24.8 Å². The van der Waals surface area contributed by atoms with Crippen LogP contribution in [0.25, 0.3) is 0 Å². The first-order valence-corrected chi connectivity index (χ1v) is 10.5. The molecule has 2 aliphatic rings. The number of amides is 1. The van der Waals surface area contributed by atoms with Crippen LogP contribution in [0.4, 0.5) is 11.6 Å². The Kier molecular flexibility index (Phi) is 6.12. The summed E-state index contributed by atoms with van der Waals surface area (Å²) in [5.74, 6) is 2.61. The van der Waals surface area contributed by atoms with E-state index in [0.29, 0.717) is 13.1 Å². The Morgan fingerprint density at radius 1 is 0.897 bits per heavy atom. The second-order valence-corrected chi connectivity index (χ2v) is 7.77. The molecule has 2 aliphatic heterocycles. The molecule has 0 aliphatic carbocycles. The molecule has 0 unspecified atom stereocenters. The quantitative estimate of drug-likeness (QED) is 0.775. The number of aromatic nitrogens is 2. The summed E-state index contributed by atoms with van der Waals surface area (Å²) in [7, 11) is 0. The van der Waals surface area contributed by atoms with Crippen LogP contribution in [0, 0.1) is 6.92 Å². The number of piperidine rings is 1. The maximum atomic E-state index is 12.5. The molecule has 29 heavy (non-hydrogen) atoms. The number of aryl methyl sites for hydroxylation is 1. The zero-order valence-electron chi connectivity index (χ0n) is 17.1. The Morgan fingerprint density at radius 2 is 1.55 bits per heavy atom. The van der Waals surface area contributed by atoms with Crippen molar-refractivity contribution in [3.63, 3.8) is 0 Å². The smallest absolute Gasteiger partial charge is 0.260 e. The van der Waals surface area contributed by atoms with Crippen LogP contribution in [0.5, 0.6) is 5.75 Å². The van der Waals surface area contributed by atoms with E-state index in [2.05, 4.69) is 32.1 Å². The molecule has 7 heteroatoms. The molecule has 3 heterocycles. The van der Waals surface area contributed by atoms with Crippen LogP contribution in [-0.2, 0) is 4.79 Å². The minimum atomic E-state index is 0.0256. The van der Waals surface area contributed by atoms with Gasteiger partial charge in [0.2, 0.25) is 0 Å². The van der Waals surface area contributed by atoms with Crippen LogP contribution in [0.15, 0.2) is 36.4 Å². The number of carbonyl (C=O) groups excluding carboxylic acids is 1. The summed E-state index contributed by atoms with van der Waals surface area (Å²) in [5, 5.41) is 8.87. The molecule has 0 N–H and O–H groups in total. The number of hydrogen-bond donors (Lipinski definition) is 0. The van der Waals surface area contributed by atoms with E-state index >= 15 is 0 Å². The van der Waals surface area contributed by atoms with E-state index in [4.69, 9.17) is 4.74 Å². The molecule has 2 aromatic rings. The van der Waals surface area contributed by atoms with Crippen LogP contribution in [0.3, 0.4) is 0 Å². The zero-order valence-corrected chi connectivity index (χ0v) is 17.1. The monoisotopic (exact) mass is 395 g/mol. The lowest BCUT2D eigenvalue weighted by Crippen LogP contribution is -2.50. The molecule has 7 nitrogen and oxygen atoms in total. The van der Waals surface area contributed by atoms with Crippen molar-refractivity contribution in [1.29, 1.82) is 0 Å². The van der Waals surface area contributed by atoms with E-state index in [-0.39, 0.29) is 12.5 Å². The molecule has 0 radical (unpaired) electrons. The van der Waals surface area contributed by atoms with E-state index < -0.39 is 0 Å². The van der Waals surface area contributed by atoms with Crippen molar-refractivity contribution in [2.75, 3.05) is 55.7 Å². The minimum Gasteiger partial charge on any atom is -0.484 e. The highest BCUT2D eigenvalue weighted by Crippen LogP contribution is 2.20. The standard InChI is InChI=1S/C22H29N5O2/c1-18-6-5-7-19(16-18)29-17-22(28)27-14-12-26(13-15-27)21-9-8-20(23-24-21)25-10-3-2-4-11-25/h5-9,16H,2-4,10-15,17H2,1H3. The fraction of sp³-hybridized carbons (Fsp3) is 0.500. The van der Waals surface area contributed by atoms with Gasteiger partial charge in [0.1, 0.15) is 5.75 Å². The maximum Gasteiger partial charge on any atom is 0.260 e. The van der Waals surface area contributed by atoms with Gasteiger partial charge in [-0.3, -0.25) is 4.79 Å². The third kappa shape index (κ3) is 4.96. The van der Waals surface area contributed by atoms with Crippen molar-refractivity contribution in [2.24, 2.45) is 0 Å². The van der Waals surface area contributed by atoms with Gasteiger partial charge in [0, 0.05) is 39.3 Å². The Morgan fingerprint density at radius 3 is 2.17 bits per heavy atom. The second-order valence-electron chi connectivity index (χ2n) is 7.77. The molecule has 0 spiro atoms. The van der Waals surface area contributed by atoms with Gasteiger partial charge in [0.25, 0.3) is 5.91 Å². The molecule has 0 bridgehead atoms. The first kappa shape index (κ1) is 19.5. The van der Waals surface area contributed by atoms with Crippen molar-refractivity contribution < 1.29 is 9.53 Å². The number of nitrogens with zero attached hydrogens (tertiary/aromatic N) is 5. The van der Waals surface area contributed by atoms with Crippen LogP contribution in [-0.4, -0.2) is 66.9 Å². The highest BCUT2D eigenvalue weighted by Gasteiger charge is 2.23. The van der Waals surface area contributed by atoms with E-state index in [1.54, 1.807) is 0 Å². The lowest BCUT2D eigenvalue weighted by molar-refractivity contribution is -0.133. The summed E-state index contributed by atoms with van der Waals surface area (Å²) in [6.45, 7) is 7.08. The predicted molar refractivity (Wildman–Crippen MR) is 114 cm³/mol. The normalized spacial score (nSPS) is 17.3. The molecule has 154 valence electrons. The van der Waals surface area contributed by atoms with Gasteiger partial charge in [-0.1, -0.05) is 12.1 Å². The fourth-order valence-corrected chi connectivity index (χ4v) is 3.90. The molecule has 2 fully saturated rings. The Balaban J connectivity index is 1.26. The summed E-state index contributed by atoms with van der Waals surface area (Å²) in [5.41, 5.74) is 1.12. The number of rotatable bonds is 5. The topological polar surface area (TPSA) is 61.8 Å². The summed E-state index contributed by atoms with van der Waals surface area (Å²) in [4.78, 5) is 18.8. The number of piperazine rings is 1. The molecule has 1 amide bonds. The van der Waals surface area contributed by atoms with Gasteiger partial charge in [-0.05, 0) is 56.0 Å². The Bertz CT molecular complexity index is 812. The number of anilines is 2. The molecule has 0 saturated carbocycles. The van der Waals surface area contributed by atoms with Crippen molar-refractivity contribution >= 4 is 17.5 Å². The van der Waals surface area contributed by atoms with E-state index in [0.717, 1.165) is 49.1 Å². The third-order valence-electron chi connectivity index (χ3n) is 5.62. The van der Waals surface area contributed by atoms with Gasteiger partial charge in [-0.25, -0.2) is 0 Å². The van der Waals surface area contributed by atoms with Crippen molar-refractivity contribution in [3.05, 3.63) is 42.0 Å². The molecular formula is C22H29N5O2. The molecule has 4 rings (SSSR count). The molecule has 0 atom stereocenters. The van der Waals surface area contributed by atoms with E-state index in [9.17, 15) is 4.79 Å². The molecule has 1 aromatic carbocycles. The second kappa shape index (κ2) is 9.11. The van der Waals surface area contributed by atoms with Gasteiger partial charge >= 0.3 is 0 Å². The predicted octanol–water partition coefficient (Wildman–Crippen LogP) is 2.50. The van der Waals surface area contributed by atoms with Crippen LogP contribution >= 0.6 is 0 Å². The highest BCUT2D eigenvalue weighted by atomic mass is 16.5. The van der Waals surface area contributed by atoms with Crippen LogP contribution in [0.2, 0.25) is 0 Å². The first-order valence-electron chi connectivity index (χ1n) is 10.5. The first-order chi connectivity index (χ1) is 14.2. The Hall–Kier alpha value is -2.83. The van der Waals surface area contributed by atoms with Gasteiger partial charge in [-0.2, -0.15) is 0 Å². The Labute approximate surface area is 172 Å². The highest BCUT2D eigenvalue weighted by molar-refractivity contribution is 5.78. The zero-order chi connectivity index (χ0) is 20.1. The average Bonchev–Trinajstić information content (AvgIpc) is 2.78. The number of hydrogen-bond acceptors (Lipinski definition) is 6. The SMILES string of the molecule is Cc1cccc(OCC(=O)N2CCN(c3ccc(N4CCCCC4)nn3)CC2)c1. The van der Waals surface area contributed by atoms with Crippen molar-refractivity contribution in [1.82, 2.24) is 15.1 Å². The average molecular weight is 396 g/mol. The fourth-order valence-electron chi connectivity index (χ4n) is 3.90. The third-order valence-corrected chi connectivity index (χ3v) is 5.62. The van der Waals surface area contributed by atoms with E-state index in [1.165, 1.54) is 19.3 Å². The van der Waals surface area contributed by atoms with E-state index in [1.807, 2.05) is 36.1 Å². The molecule has 2 saturated heterocycles. The summed E-state index contributed by atoms with van der Waals surface area (Å²) >= 11 is 0.